The minimum atomic E-state index is -0.531. The van der Waals surface area contributed by atoms with Gasteiger partial charge in [-0.15, -0.1) is 0 Å². The summed E-state index contributed by atoms with van der Waals surface area (Å²) in [6.07, 6.45) is 0. The number of nitrogens with one attached hydrogen (secondary N) is 1. The van der Waals surface area contributed by atoms with E-state index in [-0.39, 0.29) is 17.4 Å². The summed E-state index contributed by atoms with van der Waals surface area (Å²) in [5, 5.41) is 2.99. The molecule has 0 aliphatic heterocycles. The van der Waals surface area contributed by atoms with Crippen LogP contribution in [0.4, 0.5) is 4.39 Å². The Morgan fingerprint density at radius 3 is 3.00 bits per heavy atom. The summed E-state index contributed by atoms with van der Waals surface area (Å²) in [5.41, 5.74) is 0.844. The van der Waals surface area contributed by atoms with E-state index >= 15 is 0 Å². The van der Waals surface area contributed by atoms with Gasteiger partial charge in [-0.1, -0.05) is 24.2 Å². The second kappa shape index (κ2) is 5.73. The molecule has 0 fully saturated rings. The minimum Gasteiger partial charge on any atom is -0.486 e. The molecule has 0 aliphatic rings. The monoisotopic (exact) mass is 229 g/mol. The molecule has 0 atom stereocenters. The highest BCUT2D eigenvalue weighted by atomic mass is 35.5. The van der Waals surface area contributed by atoms with Crippen LogP contribution < -0.4 is 10.1 Å². The zero-order valence-electron chi connectivity index (χ0n) is 8.52. The molecule has 0 saturated heterocycles. The molecule has 1 rings (SSSR count). The molecule has 82 valence electrons. The van der Waals surface area contributed by atoms with Crippen LogP contribution in [-0.2, 0) is 0 Å². The quantitative estimate of drug-likeness (QED) is 0.784. The highest BCUT2D eigenvalue weighted by Gasteiger charge is 2.07. The Kier molecular flexibility index (Phi) is 4.59. The van der Waals surface area contributed by atoms with Gasteiger partial charge < -0.3 is 10.1 Å². The lowest BCUT2D eigenvalue weighted by molar-refractivity contribution is 0.330. The van der Waals surface area contributed by atoms with Crippen LogP contribution in [0, 0.1) is 5.82 Å². The van der Waals surface area contributed by atoms with Crippen molar-refractivity contribution in [2.45, 2.75) is 0 Å². The summed E-state index contributed by atoms with van der Waals surface area (Å²) < 4.78 is 18.6. The highest BCUT2D eigenvalue weighted by molar-refractivity contribution is 6.30. The Balaban J connectivity index is 2.58. The van der Waals surface area contributed by atoms with Gasteiger partial charge in [0.2, 0.25) is 0 Å². The van der Waals surface area contributed by atoms with Crippen molar-refractivity contribution >= 4 is 11.6 Å². The molecule has 0 bridgehead atoms. The zero-order valence-corrected chi connectivity index (χ0v) is 9.27. The largest absolute Gasteiger partial charge is 0.486 e. The summed E-state index contributed by atoms with van der Waals surface area (Å²) in [6, 6.07) is 4.65. The van der Waals surface area contributed by atoms with Gasteiger partial charge in [-0.2, -0.15) is 0 Å². The van der Waals surface area contributed by atoms with Crippen LogP contribution in [0.5, 0.6) is 5.75 Å². The number of hydrogen-bond acceptors (Lipinski definition) is 2. The molecule has 0 amide bonds. The van der Waals surface area contributed by atoms with Gasteiger partial charge >= 0.3 is 0 Å². The van der Waals surface area contributed by atoms with Crippen molar-refractivity contribution in [2.24, 2.45) is 0 Å². The molecule has 15 heavy (non-hydrogen) atoms. The van der Waals surface area contributed by atoms with Crippen molar-refractivity contribution in [3.05, 3.63) is 41.2 Å². The molecule has 1 N–H and O–H groups in total. The molecular weight excluding hydrogens is 217 g/mol. The lowest BCUT2D eigenvalue weighted by atomic mass is 10.3. The topological polar surface area (TPSA) is 21.3 Å². The van der Waals surface area contributed by atoms with Crippen molar-refractivity contribution in [3.63, 3.8) is 0 Å². The molecule has 1 aromatic rings. The maximum absolute atomic E-state index is 13.3. The number of rotatable bonds is 5. The predicted molar refractivity (Wildman–Crippen MR) is 60.0 cm³/mol. The zero-order chi connectivity index (χ0) is 11.3. The predicted octanol–water partition coefficient (Wildman–Crippen LogP) is 2.63. The second-order valence-electron chi connectivity index (χ2n) is 3.12. The second-order valence-corrected chi connectivity index (χ2v) is 3.53. The van der Waals surface area contributed by atoms with E-state index in [4.69, 9.17) is 16.3 Å². The summed E-state index contributed by atoms with van der Waals surface area (Å²) in [7, 11) is 1.81. The summed E-state index contributed by atoms with van der Waals surface area (Å²) >= 11 is 5.60. The van der Waals surface area contributed by atoms with Crippen LogP contribution in [0.3, 0.4) is 0 Å². The van der Waals surface area contributed by atoms with E-state index in [1.54, 1.807) is 6.07 Å². The first-order valence-electron chi connectivity index (χ1n) is 4.53. The first-order chi connectivity index (χ1) is 7.15. The summed E-state index contributed by atoms with van der Waals surface area (Å²) in [6.45, 7) is 4.69. The first-order valence-corrected chi connectivity index (χ1v) is 4.91. The molecule has 0 spiro atoms. The molecule has 0 aliphatic carbocycles. The number of hydrogen-bond donors (Lipinski definition) is 1. The fourth-order valence-corrected chi connectivity index (χ4v) is 1.24. The normalized spacial score (nSPS) is 10.1. The molecule has 0 unspecified atom stereocenters. The van der Waals surface area contributed by atoms with Gasteiger partial charge in [0.15, 0.2) is 11.6 Å². The maximum atomic E-state index is 13.3. The lowest BCUT2D eigenvalue weighted by Gasteiger charge is -2.09. The van der Waals surface area contributed by atoms with E-state index in [2.05, 4.69) is 11.9 Å². The number of halogens is 2. The molecule has 0 radical (unpaired) electrons. The van der Waals surface area contributed by atoms with E-state index < -0.39 is 5.82 Å². The van der Waals surface area contributed by atoms with Crippen LogP contribution in [-0.4, -0.2) is 20.2 Å². The molecule has 4 heteroatoms. The first kappa shape index (κ1) is 12.0. The van der Waals surface area contributed by atoms with E-state index in [1.807, 2.05) is 7.05 Å². The Morgan fingerprint density at radius 1 is 1.60 bits per heavy atom. The fraction of sp³-hybridized carbons (Fsp3) is 0.273. The van der Waals surface area contributed by atoms with E-state index in [0.29, 0.717) is 6.54 Å². The standard InChI is InChI=1S/C11H13ClFNO/c1-8(6-14-2)7-15-10-5-3-4-9(12)11(10)13/h3-5,14H,1,6-7H2,2H3. The van der Waals surface area contributed by atoms with Crippen molar-refractivity contribution in [1.82, 2.24) is 5.32 Å². The van der Waals surface area contributed by atoms with Gasteiger partial charge in [0, 0.05) is 6.54 Å². The smallest absolute Gasteiger partial charge is 0.183 e. The Hall–Kier alpha value is -1.06. The van der Waals surface area contributed by atoms with Crippen LogP contribution >= 0.6 is 11.6 Å². The van der Waals surface area contributed by atoms with Crippen LogP contribution in [0.25, 0.3) is 0 Å². The number of benzene rings is 1. The minimum absolute atomic E-state index is 0.0618. The molecule has 0 aromatic heterocycles. The van der Waals surface area contributed by atoms with Gasteiger partial charge in [0.05, 0.1) is 5.02 Å². The van der Waals surface area contributed by atoms with Gasteiger partial charge in [0.1, 0.15) is 6.61 Å². The third-order valence-corrected chi connectivity index (χ3v) is 2.07. The number of ether oxygens (including phenoxy) is 1. The Morgan fingerprint density at radius 2 is 2.33 bits per heavy atom. The molecule has 0 heterocycles. The van der Waals surface area contributed by atoms with Gasteiger partial charge in [0.25, 0.3) is 0 Å². The van der Waals surface area contributed by atoms with Gasteiger partial charge in [-0.25, -0.2) is 4.39 Å². The van der Waals surface area contributed by atoms with Crippen molar-refractivity contribution in [1.29, 1.82) is 0 Å². The summed E-state index contributed by atoms with van der Waals surface area (Å²) in [4.78, 5) is 0. The van der Waals surface area contributed by atoms with Gasteiger partial charge in [-0.3, -0.25) is 0 Å². The summed E-state index contributed by atoms with van der Waals surface area (Å²) in [5.74, 6) is -0.379. The average Bonchev–Trinajstić information content (AvgIpc) is 2.21. The molecule has 0 saturated carbocycles. The lowest BCUT2D eigenvalue weighted by Crippen LogP contribution is -2.14. The third kappa shape index (κ3) is 3.53. The average molecular weight is 230 g/mol. The van der Waals surface area contributed by atoms with Crippen molar-refractivity contribution in [3.8, 4) is 5.75 Å². The third-order valence-electron chi connectivity index (χ3n) is 1.77. The molecular formula is C11H13ClFNO. The SMILES string of the molecule is C=C(CNC)COc1cccc(Cl)c1F. The highest BCUT2D eigenvalue weighted by Crippen LogP contribution is 2.24. The van der Waals surface area contributed by atoms with Crippen LogP contribution in [0.2, 0.25) is 5.02 Å². The van der Waals surface area contributed by atoms with E-state index in [0.717, 1.165) is 5.57 Å². The Labute approximate surface area is 93.7 Å². The van der Waals surface area contributed by atoms with E-state index in [9.17, 15) is 4.39 Å². The van der Waals surface area contributed by atoms with Crippen molar-refractivity contribution < 1.29 is 9.13 Å². The van der Waals surface area contributed by atoms with Crippen LogP contribution in [0.1, 0.15) is 0 Å². The number of likely N-dealkylation sites (N-methyl/N-ethyl adjacent to an activating group) is 1. The van der Waals surface area contributed by atoms with E-state index in [1.165, 1.54) is 12.1 Å². The maximum Gasteiger partial charge on any atom is 0.183 e. The van der Waals surface area contributed by atoms with Gasteiger partial charge in [-0.05, 0) is 24.8 Å². The molecule has 1 aromatic carbocycles. The molecule has 2 nitrogen and oxygen atoms in total. The fourth-order valence-electron chi connectivity index (χ4n) is 1.08. The van der Waals surface area contributed by atoms with Crippen molar-refractivity contribution in [2.75, 3.05) is 20.2 Å². The van der Waals surface area contributed by atoms with Crippen LogP contribution in [0.15, 0.2) is 30.4 Å². The Bertz CT molecular complexity index is 354.